The van der Waals surface area contributed by atoms with Crippen molar-refractivity contribution in [2.75, 3.05) is 7.11 Å². The Kier molecular flexibility index (Phi) is 7.16. The smallest absolute Gasteiger partial charge is 0.305 e. The Morgan fingerprint density at radius 1 is 1.17 bits per heavy atom. The fourth-order valence-electron chi connectivity index (χ4n) is 2.27. The summed E-state index contributed by atoms with van der Waals surface area (Å²) in [4.78, 5) is 11.0. The average Bonchev–Trinajstić information content (AvgIpc) is 2.43. The van der Waals surface area contributed by atoms with Gasteiger partial charge in [-0.2, -0.15) is 0 Å². The van der Waals surface area contributed by atoms with Gasteiger partial charge in [-0.05, 0) is 30.7 Å². The maximum atomic E-state index is 11.0. The monoisotopic (exact) mass is 248 g/mol. The lowest BCUT2D eigenvalue weighted by Gasteiger charge is -2.14. The molecule has 0 aliphatic carbocycles. The molecule has 0 aliphatic heterocycles. The van der Waals surface area contributed by atoms with Crippen molar-refractivity contribution in [3.8, 4) is 0 Å². The number of hydrogen-bond donors (Lipinski definition) is 0. The molecule has 0 amide bonds. The zero-order valence-electron chi connectivity index (χ0n) is 11.5. The van der Waals surface area contributed by atoms with Crippen molar-refractivity contribution in [1.29, 1.82) is 0 Å². The highest BCUT2D eigenvalue weighted by atomic mass is 16.5. The van der Waals surface area contributed by atoms with E-state index in [2.05, 4.69) is 42.0 Å². The average molecular weight is 248 g/mol. The second-order valence-corrected chi connectivity index (χ2v) is 4.69. The topological polar surface area (TPSA) is 26.3 Å². The number of rotatable bonds is 8. The van der Waals surface area contributed by atoms with Gasteiger partial charge in [0, 0.05) is 6.42 Å². The van der Waals surface area contributed by atoms with Gasteiger partial charge < -0.3 is 4.74 Å². The summed E-state index contributed by atoms with van der Waals surface area (Å²) in [6.07, 6.45) is 6.18. The van der Waals surface area contributed by atoms with Crippen molar-refractivity contribution in [2.45, 2.75) is 51.4 Å². The molecule has 1 aromatic rings. The summed E-state index contributed by atoms with van der Waals surface area (Å²) < 4.78 is 4.63. The molecule has 0 aromatic heterocycles. The molecule has 100 valence electrons. The minimum Gasteiger partial charge on any atom is -0.469 e. The molecule has 0 fully saturated rings. The van der Waals surface area contributed by atoms with Gasteiger partial charge in [0.05, 0.1) is 7.11 Å². The second-order valence-electron chi connectivity index (χ2n) is 4.69. The molecule has 18 heavy (non-hydrogen) atoms. The van der Waals surface area contributed by atoms with Crippen molar-refractivity contribution in [2.24, 2.45) is 0 Å². The Balaban J connectivity index is 2.23. The number of carbonyl (C=O) groups excluding carboxylic acids is 1. The van der Waals surface area contributed by atoms with Gasteiger partial charge in [-0.1, -0.05) is 50.1 Å². The van der Waals surface area contributed by atoms with Crippen molar-refractivity contribution < 1.29 is 9.53 Å². The van der Waals surface area contributed by atoms with Crippen LogP contribution in [0.4, 0.5) is 0 Å². The summed E-state index contributed by atoms with van der Waals surface area (Å²) >= 11 is 0. The van der Waals surface area contributed by atoms with E-state index < -0.39 is 0 Å². The van der Waals surface area contributed by atoms with E-state index >= 15 is 0 Å². The number of ether oxygens (including phenoxy) is 1. The van der Waals surface area contributed by atoms with E-state index in [1.165, 1.54) is 31.9 Å². The van der Waals surface area contributed by atoms with Crippen molar-refractivity contribution in [3.05, 3.63) is 35.9 Å². The molecular weight excluding hydrogens is 224 g/mol. The molecule has 0 spiro atoms. The fraction of sp³-hybridized carbons (Fsp3) is 0.562. The SMILES string of the molecule is CCC(CCCCCC(=O)OC)c1ccccc1. The number of esters is 1. The quantitative estimate of drug-likeness (QED) is 0.506. The summed E-state index contributed by atoms with van der Waals surface area (Å²) in [6, 6.07) is 10.7. The maximum Gasteiger partial charge on any atom is 0.305 e. The van der Waals surface area contributed by atoms with Crippen LogP contribution in [0.25, 0.3) is 0 Å². The Labute approximate surface area is 110 Å². The van der Waals surface area contributed by atoms with E-state index in [-0.39, 0.29) is 5.97 Å². The van der Waals surface area contributed by atoms with E-state index in [4.69, 9.17) is 0 Å². The number of hydrogen-bond acceptors (Lipinski definition) is 2. The standard InChI is InChI=1S/C16H24O2/c1-3-14(15-11-7-4-8-12-15)10-6-5-9-13-16(17)18-2/h4,7-8,11-12,14H,3,5-6,9-10,13H2,1-2H3. The van der Waals surface area contributed by atoms with Crippen molar-refractivity contribution in [1.82, 2.24) is 0 Å². The molecule has 0 radical (unpaired) electrons. The van der Waals surface area contributed by atoms with Gasteiger partial charge in [-0.15, -0.1) is 0 Å². The third-order valence-corrected chi connectivity index (χ3v) is 3.42. The van der Waals surface area contributed by atoms with Crippen molar-refractivity contribution >= 4 is 5.97 Å². The van der Waals surface area contributed by atoms with E-state index in [9.17, 15) is 4.79 Å². The summed E-state index contributed by atoms with van der Waals surface area (Å²) in [5.74, 6) is 0.564. The minimum atomic E-state index is -0.0925. The van der Waals surface area contributed by atoms with Crippen LogP contribution in [0.15, 0.2) is 30.3 Å². The van der Waals surface area contributed by atoms with Crippen LogP contribution in [-0.4, -0.2) is 13.1 Å². The fourth-order valence-corrected chi connectivity index (χ4v) is 2.27. The van der Waals surface area contributed by atoms with Crippen LogP contribution in [0.5, 0.6) is 0 Å². The van der Waals surface area contributed by atoms with Gasteiger partial charge in [-0.3, -0.25) is 4.79 Å². The van der Waals surface area contributed by atoms with E-state index in [0.29, 0.717) is 12.3 Å². The Hall–Kier alpha value is -1.31. The molecular formula is C16H24O2. The summed E-state index contributed by atoms with van der Waals surface area (Å²) in [5, 5.41) is 0. The molecule has 1 rings (SSSR count). The second kappa shape index (κ2) is 8.73. The van der Waals surface area contributed by atoms with Crippen LogP contribution in [0.2, 0.25) is 0 Å². The zero-order chi connectivity index (χ0) is 13.2. The van der Waals surface area contributed by atoms with Crippen LogP contribution in [-0.2, 0) is 9.53 Å². The van der Waals surface area contributed by atoms with Crippen LogP contribution in [0.3, 0.4) is 0 Å². The first-order chi connectivity index (χ1) is 8.77. The van der Waals surface area contributed by atoms with Crippen molar-refractivity contribution in [3.63, 3.8) is 0 Å². The molecule has 0 N–H and O–H groups in total. The molecule has 0 bridgehead atoms. The van der Waals surface area contributed by atoms with E-state index in [1.807, 2.05) is 0 Å². The first-order valence-corrected chi connectivity index (χ1v) is 6.89. The first kappa shape index (κ1) is 14.7. The summed E-state index contributed by atoms with van der Waals surface area (Å²) in [7, 11) is 1.45. The van der Waals surface area contributed by atoms with Gasteiger partial charge in [0.1, 0.15) is 0 Å². The zero-order valence-corrected chi connectivity index (χ0v) is 11.5. The van der Waals surface area contributed by atoms with Gasteiger partial charge in [0.15, 0.2) is 0 Å². The summed E-state index contributed by atoms with van der Waals surface area (Å²) in [6.45, 7) is 2.24. The highest BCUT2D eigenvalue weighted by Gasteiger charge is 2.08. The largest absolute Gasteiger partial charge is 0.469 e. The van der Waals surface area contributed by atoms with Crippen LogP contribution < -0.4 is 0 Å². The van der Waals surface area contributed by atoms with Gasteiger partial charge in [0.2, 0.25) is 0 Å². The number of benzene rings is 1. The third-order valence-electron chi connectivity index (χ3n) is 3.42. The first-order valence-electron chi connectivity index (χ1n) is 6.89. The normalized spacial score (nSPS) is 12.1. The number of carbonyl (C=O) groups is 1. The molecule has 1 atom stereocenters. The predicted octanol–water partition coefficient (Wildman–Crippen LogP) is 4.30. The molecule has 0 heterocycles. The van der Waals surface area contributed by atoms with Gasteiger partial charge in [-0.25, -0.2) is 0 Å². The molecule has 1 unspecified atom stereocenters. The van der Waals surface area contributed by atoms with Crippen LogP contribution in [0, 0.1) is 0 Å². The lowest BCUT2D eigenvalue weighted by Crippen LogP contribution is -2.00. The Bertz CT molecular complexity index is 332. The molecule has 1 aromatic carbocycles. The predicted molar refractivity (Wildman–Crippen MR) is 74.6 cm³/mol. The molecule has 0 saturated heterocycles. The van der Waals surface area contributed by atoms with E-state index in [0.717, 1.165) is 12.8 Å². The van der Waals surface area contributed by atoms with Crippen LogP contribution in [0.1, 0.15) is 56.9 Å². The Morgan fingerprint density at radius 3 is 2.50 bits per heavy atom. The highest BCUT2D eigenvalue weighted by Crippen LogP contribution is 2.25. The maximum absolute atomic E-state index is 11.0. The number of methoxy groups -OCH3 is 1. The third kappa shape index (κ3) is 5.35. The lowest BCUT2D eigenvalue weighted by atomic mass is 9.91. The lowest BCUT2D eigenvalue weighted by molar-refractivity contribution is -0.140. The van der Waals surface area contributed by atoms with Gasteiger partial charge in [0.25, 0.3) is 0 Å². The van der Waals surface area contributed by atoms with Crippen LogP contribution >= 0.6 is 0 Å². The summed E-state index contributed by atoms with van der Waals surface area (Å²) in [5.41, 5.74) is 1.44. The Morgan fingerprint density at radius 2 is 1.89 bits per heavy atom. The molecule has 2 heteroatoms. The molecule has 0 aliphatic rings. The molecule has 0 saturated carbocycles. The highest BCUT2D eigenvalue weighted by molar-refractivity contribution is 5.68. The number of unbranched alkanes of at least 4 members (excludes halogenated alkanes) is 2. The van der Waals surface area contributed by atoms with Gasteiger partial charge >= 0.3 is 5.97 Å². The minimum absolute atomic E-state index is 0.0925. The molecule has 2 nitrogen and oxygen atoms in total. The van der Waals surface area contributed by atoms with E-state index in [1.54, 1.807) is 0 Å².